The number of rotatable bonds is 49. The SMILES string of the molecule is CC/C=C\C/C=C\C/C=C\CCCCCCCCCC(=O)NC(CO)C(O)/C=C/CC/C=C/CC/C=C/CCCCCCCCCCCCCCCCCCCCCCCCC. The quantitative estimate of drug-likeness (QED) is 0.0421. The van der Waals surface area contributed by atoms with E-state index in [1.807, 2.05) is 6.08 Å². The Morgan fingerprint density at radius 3 is 1.13 bits per heavy atom. The van der Waals surface area contributed by atoms with Crippen LogP contribution >= 0.6 is 0 Å². The summed E-state index contributed by atoms with van der Waals surface area (Å²) in [7, 11) is 0. The zero-order chi connectivity index (χ0) is 44.9. The standard InChI is InChI=1S/C58H105NO3/c1-3-5-7-9-11-13-15-17-19-21-22-23-24-25-26-27-28-29-30-31-32-33-34-35-36-38-39-41-43-45-47-49-51-53-57(61)56(55-60)59-58(62)54-52-50-48-46-44-42-40-37-20-18-16-14-12-10-8-6-4-2/h6,8,12,14,18,20,36,38,43,45,51,53,56-57,60-61H,3-5,7,9-11,13,15-17,19,21-35,37,39-42,44,46-50,52,54-55H2,1-2H3,(H,59,62)/b8-6-,14-12-,20-18-,38-36+,45-43+,53-51+. The number of carbonyl (C=O) groups is 1. The topological polar surface area (TPSA) is 69.6 Å². The summed E-state index contributed by atoms with van der Waals surface area (Å²) in [6.07, 6.45) is 76.4. The number of unbranched alkanes of at least 4 members (excludes halogenated alkanes) is 32. The van der Waals surface area contributed by atoms with Gasteiger partial charge in [-0.3, -0.25) is 4.79 Å². The summed E-state index contributed by atoms with van der Waals surface area (Å²) in [6, 6.07) is -0.655. The highest BCUT2D eigenvalue weighted by Crippen LogP contribution is 2.16. The number of hydrogen-bond acceptors (Lipinski definition) is 3. The van der Waals surface area contributed by atoms with Crippen LogP contribution in [0.1, 0.15) is 271 Å². The third-order valence-electron chi connectivity index (χ3n) is 12.2. The zero-order valence-electron chi connectivity index (χ0n) is 41.4. The molecule has 0 aromatic rings. The summed E-state index contributed by atoms with van der Waals surface area (Å²) in [5, 5.41) is 23.1. The molecule has 0 fully saturated rings. The molecule has 0 radical (unpaired) electrons. The first kappa shape index (κ1) is 59.8. The molecule has 0 aliphatic heterocycles. The van der Waals surface area contributed by atoms with Crippen molar-refractivity contribution in [3.8, 4) is 0 Å². The van der Waals surface area contributed by atoms with Crippen LogP contribution in [0.25, 0.3) is 0 Å². The number of aliphatic hydroxyl groups is 2. The average molecular weight is 864 g/mol. The number of allylic oxidation sites excluding steroid dienone is 11. The van der Waals surface area contributed by atoms with E-state index in [1.165, 1.54) is 180 Å². The minimum absolute atomic E-state index is 0.0892. The Hall–Kier alpha value is -2.17. The maximum absolute atomic E-state index is 12.4. The fraction of sp³-hybridized carbons (Fsp3) is 0.776. The van der Waals surface area contributed by atoms with Gasteiger partial charge in [0.1, 0.15) is 0 Å². The lowest BCUT2D eigenvalue weighted by molar-refractivity contribution is -0.123. The predicted molar refractivity (Wildman–Crippen MR) is 276 cm³/mol. The minimum Gasteiger partial charge on any atom is -0.394 e. The van der Waals surface area contributed by atoms with Crippen molar-refractivity contribution in [3.63, 3.8) is 0 Å². The zero-order valence-corrected chi connectivity index (χ0v) is 41.4. The molecule has 0 aromatic carbocycles. The molecular weight excluding hydrogens is 759 g/mol. The molecule has 360 valence electrons. The van der Waals surface area contributed by atoms with Crippen LogP contribution in [0.15, 0.2) is 72.9 Å². The molecule has 0 saturated carbocycles. The normalized spacial score (nSPS) is 13.4. The van der Waals surface area contributed by atoms with Crippen molar-refractivity contribution in [2.24, 2.45) is 0 Å². The van der Waals surface area contributed by atoms with E-state index < -0.39 is 12.1 Å². The lowest BCUT2D eigenvalue weighted by atomic mass is 10.0. The molecule has 0 spiro atoms. The number of nitrogens with one attached hydrogen (secondary N) is 1. The molecule has 0 aliphatic rings. The van der Waals surface area contributed by atoms with Gasteiger partial charge in [-0.25, -0.2) is 0 Å². The molecule has 0 rings (SSSR count). The van der Waals surface area contributed by atoms with E-state index in [1.54, 1.807) is 6.08 Å². The predicted octanol–water partition coefficient (Wildman–Crippen LogP) is 17.8. The molecule has 1 amide bonds. The summed E-state index contributed by atoms with van der Waals surface area (Å²) in [6.45, 7) is 4.19. The Morgan fingerprint density at radius 2 is 0.726 bits per heavy atom. The van der Waals surface area contributed by atoms with E-state index in [-0.39, 0.29) is 12.5 Å². The van der Waals surface area contributed by atoms with Crippen molar-refractivity contribution < 1.29 is 15.0 Å². The second kappa shape index (κ2) is 53.2. The van der Waals surface area contributed by atoms with Crippen molar-refractivity contribution in [1.82, 2.24) is 5.32 Å². The molecule has 0 saturated heterocycles. The number of carbonyl (C=O) groups excluding carboxylic acids is 1. The first-order valence-corrected chi connectivity index (χ1v) is 27.2. The molecule has 0 heterocycles. The van der Waals surface area contributed by atoms with Gasteiger partial charge in [0, 0.05) is 6.42 Å². The van der Waals surface area contributed by atoms with Gasteiger partial charge < -0.3 is 15.5 Å². The van der Waals surface area contributed by atoms with Gasteiger partial charge in [-0.05, 0) is 77.0 Å². The Balaban J connectivity index is 3.55. The lowest BCUT2D eigenvalue weighted by Crippen LogP contribution is -2.45. The van der Waals surface area contributed by atoms with Crippen LogP contribution in [0.3, 0.4) is 0 Å². The van der Waals surface area contributed by atoms with E-state index in [2.05, 4.69) is 79.9 Å². The van der Waals surface area contributed by atoms with Crippen LogP contribution in [0.4, 0.5) is 0 Å². The van der Waals surface area contributed by atoms with Gasteiger partial charge in [0.2, 0.25) is 5.91 Å². The van der Waals surface area contributed by atoms with Gasteiger partial charge in [-0.2, -0.15) is 0 Å². The fourth-order valence-corrected chi connectivity index (χ4v) is 8.05. The second-order valence-electron chi connectivity index (χ2n) is 18.2. The van der Waals surface area contributed by atoms with E-state index >= 15 is 0 Å². The largest absolute Gasteiger partial charge is 0.394 e. The smallest absolute Gasteiger partial charge is 0.220 e. The first-order chi connectivity index (χ1) is 30.7. The Morgan fingerprint density at radius 1 is 0.403 bits per heavy atom. The van der Waals surface area contributed by atoms with Crippen molar-refractivity contribution in [1.29, 1.82) is 0 Å². The van der Waals surface area contributed by atoms with Crippen LogP contribution in [-0.2, 0) is 4.79 Å². The number of hydrogen-bond donors (Lipinski definition) is 3. The van der Waals surface area contributed by atoms with E-state index in [0.717, 1.165) is 70.6 Å². The van der Waals surface area contributed by atoms with Crippen molar-refractivity contribution in [2.75, 3.05) is 6.61 Å². The van der Waals surface area contributed by atoms with Gasteiger partial charge in [0.05, 0.1) is 18.8 Å². The monoisotopic (exact) mass is 864 g/mol. The Bertz CT molecular complexity index is 1070. The summed E-state index contributed by atoms with van der Waals surface area (Å²) in [4.78, 5) is 12.4. The fourth-order valence-electron chi connectivity index (χ4n) is 8.05. The van der Waals surface area contributed by atoms with Gasteiger partial charge in [0.25, 0.3) is 0 Å². The molecule has 2 unspecified atom stereocenters. The molecule has 4 nitrogen and oxygen atoms in total. The highest BCUT2D eigenvalue weighted by molar-refractivity contribution is 5.76. The maximum Gasteiger partial charge on any atom is 0.220 e. The molecule has 62 heavy (non-hydrogen) atoms. The molecule has 4 heteroatoms. The molecule has 0 aliphatic carbocycles. The number of amides is 1. The van der Waals surface area contributed by atoms with Crippen LogP contribution in [0.5, 0.6) is 0 Å². The van der Waals surface area contributed by atoms with Crippen LogP contribution in [0, 0.1) is 0 Å². The third kappa shape index (κ3) is 48.9. The average Bonchev–Trinajstić information content (AvgIpc) is 3.28. The first-order valence-electron chi connectivity index (χ1n) is 27.2. The van der Waals surface area contributed by atoms with Crippen LogP contribution in [0.2, 0.25) is 0 Å². The summed E-state index contributed by atoms with van der Waals surface area (Å²) < 4.78 is 0. The van der Waals surface area contributed by atoms with Gasteiger partial charge in [-0.15, -0.1) is 0 Å². The Kier molecular flexibility index (Phi) is 51.3. The van der Waals surface area contributed by atoms with Crippen molar-refractivity contribution in [2.45, 2.75) is 283 Å². The van der Waals surface area contributed by atoms with Gasteiger partial charge in [-0.1, -0.05) is 260 Å². The van der Waals surface area contributed by atoms with Crippen molar-refractivity contribution in [3.05, 3.63) is 72.9 Å². The molecular formula is C58H105NO3. The van der Waals surface area contributed by atoms with E-state index in [4.69, 9.17) is 0 Å². The molecule has 3 N–H and O–H groups in total. The van der Waals surface area contributed by atoms with E-state index in [0.29, 0.717) is 6.42 Å². The second-order valence-corrected chi connectivity index (χ2v) is 18.2. The number of aliphatic hydroxyl groups excluding tert-OH is 2. The van der Waals surface area contributed by atoms with Crippen LogP contribution < -0.4 is 5.32 Å². The van der Waals surface area contributed by atoms with Gasteiger partial charge in [0.15, 0.2) is 0 Å². The highest BCUT2D eigenvalue weighted by Gasteiger charge is 2.17. The summed E-state index contributed by atoms with van der Waals surface area (Å²) in [5.41, 5.74) is 0. The third-order valence-corrected chi connectivity index (χ3v) is 12.2. The van der Waals surface area contributed by atoms with Crippen molar-refractivity contribution >= 4 is 5.91 Å². The summed E-state index contributed by atoms with van der Waals surface area (Å²) in [5.74, 6) is -0.0892. The van der Waals surface area contributed by atoms with E-state index in [9.17, 15) is 15.0 Å². The van der Waals surface area contributed by atoms with Crippen LogP contribution in [-0.4, -0.2) is 34.9 Å². The summed E-state index contributed by atoms with van der Waals surface area (Å²) >= 11 is 0. The van der Waals surface area contributed by atoms with Gasteiger partial charge >= 0.3 is 0 Å². The molecule has 0 aromatic heterocycles. The highest BCUT2D eigenvalue weighted by atomic mass is 16.3. The maximum atomic E-state index is 12.4. The molecule has 2 atom stereocenters. The molecule has 0 bridgehead atoms. The minimum atomic E-state index is -0.879. The lowest BCUT2D eigenvalue weighted by Gasteiger charge is -2.19. The Labute approximate surface area is 387 Å².